The molecule has 0 bridgehead atoms. The van der Waals surface area contributed by atoms with Crippen LogP contribution in [0.25, 0.3) is 0 Å². The number of likely N-dealkylation sites (tertiary alicyclic amines) is 1. The second-order valence-corrected chi connectivity index (χ2v) is 9.60. The van der Waals surface area contributed by atoms with Gasteiger partial charge in [-0.05, 0) is 60.5 Å². The summed E-state index contributed by atoms with van der Waals surface area (Å²) in [6.07, 6.45) is 2.38. The summed E-state index contributed by atoms with van der Waals surface area (Å²) >= 11 is 0. The largest absolute Gasteiger partial charge is 0.457 e. The van der Waals surface area contributed by atoms with E-state index in [-0.39, 0.29) is 25.4 Å². The Bertz CT molecular complexity index is 1340. The smallest absolute Gasteiger partial charge is 0.251 e. The van der Waals surface area contributed by atoms with Gasteiger partial charge >= 0.3 is 0 Å². The van der Waals surface area contributed by atoms with Gasteiger partial charge < -0.3 is 35.5 Å². The predicted octanol–water partition coefficient (Wildman–Crippen LogP) is 1.89. The number of nitrogens with two attached hydrogens (primary N) is 1. The molecular formula is C29H31N5O6. The van der Waals surface area contributed by atoms with Crippen LogP contribution in [-0.2, 0) is 25.5 Å². The summed E-state index contributed by atoms with van der Waals surface area (Å²) < 4.78 is 17.3. The number of nitrogens with zero attached hydrogens (tertiary/aromatic N) is 2. The van der Waals surface area contributed by atoms with Crippen molar-refractivity contribution in [3.05, 3.63) is 84.1 Å². The second kappa shape index (κ2) is 12.1. The maximum Gasteiger partial charge on any atom is 0.251 e. The lowest BCUT2D eigenvalue weighted by molar-refractivity contribution is -0.152. The van der Waals surface area contributed by atoms with Gasteiger partial charge in [-0.15, -0.1) is 0 Å². The molecule has 0 radical (unpaired) electrons. The highest BCUT2D eigenvalue weighted by atomic mass is 16.7. The predicted molar refractivity (Wildman–Crippen MR) is 145 cm³/mol. The third kappa shape index (κ3) is 6.56. The van der Waals surface area contributed by atoms with Gasteiger partial charge in [0.05, 0.1) is 26.3 Å². The number of hydrogen-bond donors (Lipinski definition) is 3. The molecule has 5 rings (SSSR count). The van der Waals surface area contributed by atoms with Crippen molar-refractivity contribution in [1.29, 1.82) is 0 Å². The molecule has 208 valence electrons. The van der Waals surface area contributed by atoms with Crippen LogP contribution in [0.1, 0.15) is 22.3 Å². The molecule has 2 aliphatic rings. The number of pyridine rings is 1. The van der Waals surface area contributed by atoms with Gasteiger partial charge in [-0.1, -0.05) is 18.2 Å². The highest BCUT2D eigenvalue weighted by Gasteiger charge is 2.52. The van der Waals surface area contributed by atoms with Crippen molar-refractivity contribution in [2.24, 2.45) is 0 Å². The minimum Gasteiger partial charge on any atom is -0.457 e. The maximum absolute atomic E-state index is 13.2. The first-order chi connectivity index (χ1) is 19.4. The number of hydrogen-bond acceptors (Lipinski definition) is 8. The number of carbonyl (C=O) groups is 3. The van der Waals surface area contributed by atoms with Crippen molar-refractivity contribution in [2.75, 3.05) is 38.6 Å². The minimum absolute atomic E-state index is 0.103. The number of para-hydroxylation sites is 1. The molecular weight excluding hydrogens is 514 g/mol. The normalized spacial score (nSPS) is 17.5. The van der Waals surface area contributed by atoms with Gasteiger partial charge in [-0.3, -0.25) is 14.4 Å². The zero-order valence-corrected chi connectivity index (χ0v) is 21.9. The number of carbonyl (C=O) groups excluding carboxylic acids is 3. The molecule has 1 spiro atoms. The van der Waals surface area contributed by atoms with E-state index in [9.17, 15) is 14.4 Å². The van der Waals surface area contributed by atoms with Gasteiger partial charge in [0.1, 0.15) is 23.4 Å². The number of ether oxygens (including phenoxy) is 3. The molecule has 0 saturated carbocycles. The van der Waals surface area contributed by atoms with Crippen LogP contribution in [0.5, 0.6) is 11.5 Å². The maximum atomic E-state index is 13.2. The molecule has 3 amide bonds. The minimum atomic E-state index is -1.02. The molecule has 2 fully saturated rings. The molecule has 4 N–H and O–H groups in total. The first kappa shape index (κ1) is 27.1. The SMILES string of the molecule is Nc1cc(CCNC(=O)C2CC3(CN2C(=O)CNC(=O)c2ccc(Oc4ccccc4)cc2)OCCO3)ccn1. The summed E-state index contributed by atoms with van der Waals surface area (Å²) in [4.78, 5) is 44.5. The Morgan fingerprint density at radius 3 is 2.45 bits per heavy atom. The van der Waals surface area contributed by atoms with Crippen molar-refractivity contribution < 1.29 is 28.6 Å². The van der Waals surface area contributed by atoms with Crippen LogP contribution in [0.4, 0.5) is 5.82 Å². The van der Waals surface area contributed by atoms with E-state index in [1.165, 1.54) is 4.90 Å². The number of nitrogens with one attached hydrogen (secondary N) is 2. The van der Waals surface area contributed by atoms with Crippen LogP contribution >= 0.6 is 0 Å². The van der Waals surface area contributed by atoms with E-state index >= 15 is 0 Å². The second-order valence-electron chi connectivity index (χ2n) is 9.60. The lowest BCUT2D eigenvalue weighted by atomic mass is 10.1. The van der Waals surface area contributed by atoms with Crippen molar-refractivity contribution >= 4 is 23.5 Å². The lowest BCUT2D eigenvalue weighted by Crippen LogP contribution is -2.49. The molecule has 3 aromatic rings. The average Bonchev–Trinajstić information content (AvgIpc) is 3.59. The fraction of sp³-hybridized carbons (Fsp3) is 0.310. The van der Waals surface area contributed by atoms with Crippen LogP contribution < -0.4 is 21.1 Å². The molecule has 2 aliphatic heterocycles. The molecule has 11 heteroatoms. The van der Waals surface area contributed by atoms with Gasteiger partial charge in [0.2, 0.25) is 11.8 Å². The average molecular weight is 546 g/mol. The Kier molecular flexibility index (Phi) is 8.23. The summed E-state index contributed by atoms with van der Waals surface area (Å²) in [6.45, 7) is 0.959. The molecule has 1 atom stereocenters. The van der Waals surface area contributed by atoms with Gasteiger partial charge in [-0.25, -0.2) is 4.98 Å². The monoisotopic (exact) mass is 545 g/mol. The van der Waals surface area contributed by atoms with E-state index in [0.717, 1.165) is 5.56 Å². The van der Waals surface area contributed by atoms with Crippen LogP contribution in [0.3, 0.4) is 0 Å². The molecule has 2 saturated heterocycles. The molecule has 2 aromatic carbocycles. The van der Waals surface area contributed by atoms with E-state index < -0.39 is 23.6 Å². The number of aromatic nitrogens is 1. The van der Waals surface area contributed by atoms with Crippen LogP contribution in [0, 0.1) is 0 Å². The fourth-order valence-corrected chi connectivity index (χ4v) is 4.80. The fourth-order valence-electron chi connectivity index (χ4n) is 4.80. The van der Waals surface area contributed by atoms with Crippen LogP contribution in [-0.4, -0.2) is 72.3 Å². The van der Waals surface area contributed by atoms with Crippen molar-refractivity contribution in [1.82, 2.24) is 20.5 Å². The number of anilines is 1. The Hall–Kier alpha value is -4.48. The van der Waals surface area contributed by atoms with E-state index in [1.54, 1.807) is 36.5 Å². The zero-order valence-electron chi connectivity index (χ0n) is 21.9. The van der Waals surface area contributed by atoms with E-state index in [4.69, 9.17) is 19.9 Å². The van der Waals surface area contributed by atoms with Gasteiger partial charge in [0.25, 0.3) is 5.91 Å². The highest BCUT2D eigenvalue weighted by Crippen LogP contribution is 2.35. The Balaban J connectivity index is 1.16. The third-order valence-corrected chi connectivity index (χ3v) is 6.78. The van der Waals surface area contributed by atoms with E-state index in [1.807, 2.05) is 36.4 Å². The molecule has 11 nitrogen and oxygen atoms in total. The topological polar surface area (TPSA) is 145 Å². The summed E-state index contributed by atoms with van der Waals surface area (Å²) in [5.74, 6) is -0.479. The first-order valence-corrected chi connectivity index (χ1v) is 13.1. The Morgan fingerprint density at radius 1 is 1.00 bits per heavy atom. The summed E-state index contributed by atoms with van der Waals surface area (Å²) in [6, 6.07) is 18.7. The zero-order chi connectivity index (χ0) is 28.0. The quantitative estimate of drug-likeness (QED) is 0.370. The molecule has 40 heavy (non-hydrogen) atoms. The highest BCUT2D eigenvalue weighted by molar-refractivity contribution is 5.97. The van der Waals surface area contributed by atoms with E-state index in [0.29, 0.717) is 49.1 Å². The Labute approximate surface area is 231 Å². The number of nitrogen functional groups attached to an aromatic ring is 1. The van der Waals surface area contributed by atoms with Crippen LogP contribution in [0.15, 0.2) is 72.9 Å². The summed E-state index contributed by atoms with van der Waals surface area (Å²) in [5.41, 5.74) is 7.04. The number of amides is 3. The van der Waals surface area contributed by atoms with E-state index in [2.05, 4.69) is 15.6 Å². The van der Waals surface area contributed by atoms with Crippen LogP contribution in [0.2, 0.25) is 0 Å². The first-order valence-electron chi connectivity index (χ1n) is 13.1. The molecule has 1 unspecified atom stereocenters. The lowest BCUT2D eigenvalue weighted by Gasteiger charge is -2.24. The van der Waals surface area contributed by atoms with Crippen molar-refractivity contribution in [2.45, 2.75) is 24.7 Å². The summed E-state index contributed by atoms with van der Waals surface area (Å²) in [7, 11) is 0. The Morgan fingerprint density at radius 2 is 1.73 bits per heavy atom. The van der Waals surface area contributed by atoms with Gasteiger partial charge in [-0.2, -0.15) is 0 Å². The van der Waals surface area contributed by atoms with Crippen molar-refractivity contribution in [3.8, 4) is 11.5 Å². The van der Waals surface area contributed by atoms with Crippen molar-refractivity contribution in [3.63, 3.8) is 0 Å². The number of benzene rings is 2. The summed E-state index contributed by atoms with van der Waals surface area (Å²) in [5, 5.41) is 5.54. The number of rotatable bonds is 9. The molecule has 3 heterocycles. The standard InChI is InChI=1S/C29H31N5O6/c30-25-16-20(10-12-31-25)11-13-32-28(37)24-17-29(38-14-15-39-29)19-34(24)26(35)18-33-27(36)21-6-8-23(9-7-21)40-22-4-2-1-3-5-22/h1-10,12,16,24H,11,13-15,17-19H2,(H2,30,31)(H,32,37)(H,33,36). The van der Waals surface area contributed by atoms with Gasteiger partial charge in [0, 0.05) is 24.7 Å². The third-order valence-electron chi connectivity index (χ3n) is 6.78. The molecule has 0 aliphatic carbocycles. The molecule has 1 aromatic heterocycles. The van der Waals surface area contributed by atoms with Gasteiger partial charge in [0.15, 0.2) is 5.79 Å².